The molecule has 0 saturated carbocycles. The topological polar surface area (TPSA) is 66.9 Å². The third kappa shape index (κ3) is 6.01. The monoisotopic (exact) mass is 370 g/mol. The van der Waals surface area contributed by atoms with E-state index >= 15 is 0 Å². The molecule has 0 radical (unpaired) electrons. The number of rotatable bonds is 8. The van der Waals surface area contributed by atoms with Gasteiger partial charge in [0.2, 0.25) is 11.0 Å². The van der Waals surface area contributed by atoms with Crippen LogP contribution in [-0.4, -0.2) is 28.4 Å². The molecule has 1 aromatic heterocycles. The molecule has 0 fully saturated rings. The smallest absolute Gasteiger partial charge is 0.230 e. The van der Waals surface area contributed by atoms with Crippen LogP contribution in [0, 0.1) is 0 Å². The van der Waals surface area contributed by atoms with Gasteiger partial charge in [-0.05, 0) is 31.0 Å². The van der Waals surface area contributed by atoms with Crippen LogP contribution < -0.4 is 10.6 Å². The van der Waals surface area contributed by atoms with Gasteiger partial charge in [-0.25, -0.2) is 0 Å². The molecule has 1 aromatic carbocycles. The second-order valence-electron chi connectivity index (χ2n) is 4.93. The van der Waals surface area contributed by atoms with E-state index in [-0.39, 0.29) is 11.9 Å². The summed E-state index contributed by atoms with van der Waals surface area (Å²) in [6.45, 7) is 4.91. The Morgan fingerprint density at radius 3 is 2.78 bits per heavy atom. The molecule has 0 aliphatic carbocycles. The van der Waals surface area contributed by atoms with Gasteiger partial charge in [0.1, 0.15) is 0 Å². The Morgan fingerprint density at radius 2 is 2.09 bits per heavy atom. The molecule has 1 amide bonds. The molecule has 0 aliphatic rings. The lowest BCUT2D eigenvalue weighted by molar-refractivity contribution is -0.119. The summed E-state index contributed by atoms with van der Waals surface area (Å²) in [4.78, 5) is 12.0. The van der Waals surface area contributed by atoms with E-state index < -0.39 is 0 Å². The van der Waals surface area contributed by atoms with Gasteiger partial charge in [0.25, 0.3) is 0 Å². The molecule has 0 aliphatic heterocycles. The van der Waals surface area contributed by atoms with Crippen molar-refractivity contribution in [1.82, 2.24) is 15.5 Å². The number of nitrogens with one attached hydrogen (secondary N) is 2. The van der Waals surface area contributed by atoms with E-state index in [4.69, 9.17) is 11.6 Å². The van der Waals surface area contributed by atoms with Crippen molar-refractivity contribution in [1.29, 1.82) is 0 Å². The third-order valence-electron chi connectivity index (χ3n) is 3.01. The highest BCUT2D eigenvalue weighted by Crippen LogP contribution is 2.25. The normalized spacial score (nSPS) is 12.0. The fourth-order valence-electron chi connectivity index (χ4n) is 1.82. The number of anilines is 1. The zero-order valence-electron chi connectivity index (χ0n) is 13.0. The molecule has 23 heavy (non-hydrogen) atoms. The summed E-state index contributed by atoms with van der Waals surface area (Å²) in [6, 6.07) is 7.41. The van der Waals surface area contributed by atoms with Crippen molar-refractivity contribution in [3.63, 3.8) is 0 Å². The minimum absolute atomic E-state index is 0.0317. The van der Waals surface area contributed by atoms with E-state index in [1.807, 2.05) is 31.2 Å². The lowest BCUT2D eigenvalue weighted by Crippen LogP contribution is -2.28. The highest BCUT2D eigenvalue weighted by atomic mass is 35.5. The van der Waals surface area contributed by atoms with Gasteiger partial charge in [-0.3, -0.25) is 4.79 Å². The SMILES string of the molecule is CCCNc1nnc(SCC(=O)NC(C)c2ccc(Cl)cc2)s1. The number of benzene rings is 1. The molecular formula is C15H19ClN4OS2. The maximum Gasteiger partial charge on any atom is 0.230 e. The molecule has 124 valence electrons. The van der Waals surface area contributed by atoms with Crippen LogP contribution in [0.5, 0.6) is 0 Å². The lowest BCUT2D eigenvalue weighted by Gasteiger charge is -2.13. The minimum atomic E-state index is -0.0587. The van der Waals surface area contributed by atoms with Crippen LogP contribution in [0.2, 0.25) is 5.02 Å². The summed E-state index contributed by atoms with van der Waals surface area (Å²) in [7, 11) is 0. The predicted molar refractivity (Wildman–Crippen MR) is 97.4 cm³/mol. The Morgan fingerprint density at radius 1 is 1.35 bits per heavy atom. The van der Waals surface area contributed by atoms with Crippen molar-refractivity contribution in [2.75, 3.05) is 17.6 Å². The Balaban J connectivity index is 1.78. The zero-order valence-corrected chi connectivity index (χ0v) is 15.4. The quantitative estimate of drug-likeness (QED) is 0.688. The average Bonchev–Trinajstić information content (AvgIpc) is 2.99. The van der Waals surface area contributed by atoms with Crippen LogP contribution in [-0.2, 0) is 4.79 Å². The van der Waals surface area contributed by atoms with Crippen molar-refractivity contribution < 1.29 is 4.79 Å². The number of thioether (sulfide) groups is 1. The van der Waals surface area contributed by atoms with E-state index in [9.17, 15) is 4.79 Å². The van der Waals surface area contributed by atoms with Crippen LogP contribution in [0.1, 0.15) is 31.9 Å². The number of carbonyl (C=O) groups excluding carboxylic acids is 1. The summed E-state index contributed by atoms with van der Waals surface area (Å²) >= 11 is 8.73. The summed E-state index contributed by atoms with van der Waals surface area (Å²) < 4.78 is 0.790. The summed E-state index contributed by atoms with van der Waals surface area (Å²) in [6.07, 6.45) is 1.03. The number of hydrogen-bond acceptors (Lipinski definition) is 6. The molecule has 0 bridgehead atoms. The van der Waals surface area contributed by atoms with Crippen LogP contribution in [0.25, 0.3) is 0 Å². The average molecular weight is 371 g/mol. The van der Waals surface area contributed by atoms with Gasteiger partial charge in [0.15, 0.2) is 4.34 Å². The van der Waals surface area contributed by atoms with Gasteiger partial charge in [0.05, 0.1) is 11.8 Å². The first-order chi connectivity index (χ1) is 11.1. The van der Waals surface area contributed by atoms with Crippen molar-refractivity contribution in [3.8, 4) is 0 Å². The van der Waals surface area contributed by atoms with E-state index in [1.54, 1.807) is 0 Å². The van der Waals surface area contributed by atoms with Crippen LogP contribution in [0.4, 0.5) is 5.13 Å². The van der Waals surface area contributed by atoms with Gasteiger partial charge < -0.3 is 10.6 Å². The van der Waals surface area contributed by atoms with Gasteiger partial charge in [-0.15, -0.1) is 10.2 Å². The second kappa shape index (κ2) is 9.10. The summed E-state index contributed by atoms with van der Waals surface area (Å²) in [5.41, 5.74) is 1.02. The number of carbonyl (C=O) groups is 1. The van der Waals surface area contributed by atoms with E-state index in [2.05, 4.69) is 27.8 Å². The highest BCUT2D eigenvalue weighted by Gasteiger charge is 2.11. The fraction of sp³-hybridized carbons (Fsp3) is 0.400. The molecule has 2 N–H and O–H groups in total. The van der Waals surface area contributed by atoms with Gasteiger partial charge >= 0.3 is 0 Å². The zero-order chi connectivity index (χ0) is 16.7. The van der Waals surface area contributed by atoms with Gasteiger partial charge in [-0.2, -0.15) is 0 Å². The number of hydrogen-bond donors (Lipinski definition) is 2. The Hall–Kier alpha value is -1.31. The number of halogens is 1. The summed E-state index contributed by atoms with van der Waals surface area (Å²) in [5.74, 6) is 0.288. The van der Waals surface area contributed by atoms with Gasteiger partial charge in [0, 0.05) is 11.6 Å². The molecule has 2 rings (SSSR count). The molecule has 2 aromatic rings. The van der Waals surface area contributed by atoms with E-state index in [0.717, 1.165) is 28.0 Å². The summed E-state index contributed by atoms with van der Waals surface area (Å²) in [5, 5.41) is 15.7. The highest BCUT2D eigenvalue weighted by molar-refractivity contribution is 8.01. The molecule has 0 spiro atoms. The Kier molecular flexibility index (Phi) is 7.14. The minimum Gasteiger partial charge on any atom is -0.360 e. The molecule has 5 nitrogen and oxygen atoms in total. The molecule has 1 unspecified atom stereocenters. The molecule has 8 heteroatoms. The number of aromatic nitrogens is 2. The third-order valence-corrected chi connectivity index (χ3v) is 5.27. The maximum absolute atomic E-state index is 12.0. The van der Waals surface area contributed by atoms with Crippen molar-refractivity contribution in [3.05, 3.63) is 34.9 Å². The second-order valence-corrected chi connectivity index (χ2v) is 7.57. The van der Waals surface area contributed by atoms with E-state index in [0.29, 0.717) is 10.8 Å². The Bertz CT molecular complexity index is 633. The number of nitrogens with zero attached hydrogens (tertiary/aromatic N) is 2. The van der Waals surface area contributed by atoms with Crippen molar-refractivity contribution >= 4 is 45.7 Å². The first-order valence-electron chi connectivity index (χ1n) is 7.33. The lowest BCUT2D eigenvalue weighted by atomic mass is 10.1. The van der Waals surface area contributed by atoms with Crippen LogP contribution in [0.15, 0.2) is 28.6 Å². The fourth-order valence-corrected chi connectivity index (χ4v) is 3.53. The first-order valence-corrected chi connectivity index (χ1v) is 9.51. The van der Waals surface area contributed by atoms with Crippen molar-refractivity contribution in [2.24, 2.45) is 0 Å². The van der Waals surface area contributed by atoms with Crippen LogP contribution in [0.3, 0.4) is 0 Å². The number of amides is 1. The molecule has 1 heterocycles. The molecule has 1 atom stereocenters. The maximum atomic E-state index is 12.0. The largest absolute Gasteiger partial charge is 0.360 e. The standard InChI is InChI=1S/C15H19ClN4OS2/c1-3-8-17-14-19-20-15(23-14)22-9-13(21)18-10(2)11-4-6-12(16)7-5-11/h4-7,10H,3,8-9H2,1-2H3,(H,17,19)(H,18,21). The predicted octanol–water partition coefficient (Wildman–Crippen LogP) is 3.98. The van der Waals surface area contributed by atoms with Crippen molar-refractivity contribution in [2.45, 2.75) is 30.6 Å². The van der Waals surface area contributed by atoms with Gasteiger partial charge in [-0.1, -0.05) is 53.8 Å². The molecular weight excluding hydrogens is 352 g/mol. The molecule has 0 saturated heterocycles. The Labute approximate surface area is 149 Å². The van der Waals surface area contributed by atoms with E-state index in [1.165, 1.54) is 23.1 Å². The van der Waals surface area contributed by atoms with Crippen LogP contribution >= 0.6 is 34.7 Å². The first kappa shape index (κ1) is 18.0.